The number of nitrogens with one attached hydrogen (secondary N) is 1. The van der Waals surface area contributed by atoms with Gasteiger partial charge in [-0.05, 0) is 48.6 Å². The Morgan fingerprint density at radius 2 is 1.89 bits per heavy atom. The van der Waals surface area contributed by atoms with Crippen molar-refractivity contribution in [2.75, 3.05) is 13.7 Å². The molecule has 1 amide bonds. The Morgan fingerprint density at radius 1 is 1.16 bits per heavy atom. The zero-order valence-corrected chi connectivity index (χ0v) is 21.3. The highest BCUT2D eigenvalue weighted by Gasteiger charge is 2.26. The first kappa shape index (κ1) is 27.4. The average molecular weight is 507 g/mol. The van der Waals surface area contributed by atoms with Gasteiger partial charge in [-0.3, -0.25) is 14.4 Å². The number of esters is 2. The van der Waals surface area contributed by atoms with Crippen LogP contribution >= 0.6 is 0 Å². The van der Waals surface area contributed by atoms with Crippen LogP contribution in [-0.2, 0) is 20.7 Å². The Bertz CT molecular complexity index is 1240. The molecule has 37 heavy (non-hydrogen) atoms. The summed E-state index contributed by atoms with van der Waals surface area (Å²) in [7, 11) is 1.46. The van der Waals surface area contributed by atoms with Gasteiger partial charge in [0, 0.05) is 36.6 Å². The van der Waals surface area contributed by atoms with E-state index in [9.17, 15) is 19.2 Å². The number of carbonyl (C=O) groups is 4. The van der Waals surface area contributed by atoms with E-state index in [0.717, 1.165) is 12.8 Å². The molecule has 1 unspecified atom stereocenters. The molecular weight excluding hydrogens is 476 g/mol. The Hall–Kier alpha value is -4.19. The fraction of sp³-hybridized carbons (Fsp3) is 0.393. The molecule has 1 saturated carbocycles. The number of ether oxygens (including phenoxy) is 3. The SMILES string of the molecule is C#CCc1cc(C=O)c(-c2ccc(C(=O)NCC3CC3)nc2C(=O)OC(C)OC(=O)C(C)C)cc1OC. The van der Waals surface area contributed by atoms with Crippen LogP contribution in [0.3, 0.4) is 0 Å². The first-order chi connectivity index (χ1) is 17.7. The lowest BCUT2D eigenvalue weighted by Gasteiger charge is -2.18. The van der Waals surface area contributed by atoms with Gasteiger partial charge in [-0.25, -0.2) is 9.78 Å². The molecule has 1 aliphatic carbocycles. The van der Waals surface area contributed by atoms with Crippen molar-refractivity contribution in [3.63, 3.8) is 0 Å². The quantitative estimate of drug-likeness (QED) is 0.212. The minimum absolute atomic E-state index is 0.00625. The summed E-state index contributed by atoms with van der Waals surface area (Å²) in [6, 6.07) is 6.15. The van der Waals surface area contributed by atoms with Gasteiger partial charge < -0.3 is 19.5 Å². The molecule has 1 aliphatic rings. The summed E-state index contributed by atoms with van der Waals surface area (Å²) in [5, 5.41) is 2.81. The van der Waals surface area contributed by atoms with E-state index in [4.69, 9.17) is 20.6 Å². The fourth-order valence-corrected chi connectivity index (χ4v) is 3.55. The third kappa shape index (κ3) is 6.94. The fourth-order valence-electron chi connectivity index (χ4n) is 3.55. The molecule has 1 fully saturated rings. The van der Waals surface area contributed by atoms with Crippen molar-refractivity contribution in [2.45, 2.75) is 46.3 Å². The number of carbonyl (C=O) groups excluding carboxylic acids is 4. The largest absolute Gasteiger partial charge is 0.496 e. The van der Waals surface area contributed by atoms with Crippen molar-refractivity contribution in [3.8, 4) is 29.2 Å². The van der Waals surface area contributed by atoms with Gasteiger partial charge in [0.05, 0.1) is 13.0 Å². The minimum atomic E-state index is -1.21. The number of aldehydes is 1. The summed E-state index contributed by atoms with van der Waals surface area (Å²) >= 11 is 0. The number of methoxy groups -OCH3 is 1. The number of hydrogen-bond donors (Lipinski definition) is 1. The van der Waals surface area contributed by atoms with E-state index < -0.39 is 30.1 Å². The maximum Gasteiger partial charge on any atom is 0.360 e. The van der Waals surface area contributed by atoms with Crippen LogP contribution in [0.5, 0.6) is 5.75 Å². The summed E-state index contributed by atoms with van der Waals surface area (Å²) in [6.07, 6.45) is 7.22. The third-order valence-electron chi connectivity index (χ3n) is 5.76. The van der Waals surface area contributed by atoms with Gasteiger partial charge in [-0.2, -0.15) is 0 Å². The van der Waals surface area contributed by atoms with Crippen molar-refractivity contribution in [2.24, 2.45) is 11.8 Å². The lowest BCUT2D eigenvalue weighted by Crippen LogP contribution is -2.28. The number of amides is 1. The molecule has 0 saturated heterocycles. The summed E-state index contributed by atoms with van der Waals surface area (Å²) in [4.78, 5) is 54.1. The summed E-state index contributed by atoms with van der Waals surface area (Å²) in [6.45, 7) is 5.22. The van der Waals surface area contributed by atoms with E-state index in [-0.39, 0.29) is 28.9 Å². The van der Waals surface area contributed by atoms with Crippen molar-refractivity contribution >= 4 is 24.1 Å². The number of terminal acetylenes is 1. The van der Waals surface area contributed by atoms with E-state index in [2.05, 4.69) is 16.2 Å². The monoisotopic (exact) mass is 506 g/mol. The lowest BCUT2D eigenvalue weighted by molar-refractivity contribution is -0.169. The molecule has 2 aromatic rings. The Morgan fingerprint density at radius 3 is 2.49 bits per heavy atom. The first-order valence-electron chi connectivity index (χ1n) is 12.0. The van der Waals surface area contributed by atoms with E-state index >= 15 is 0 Å². The van der Waals surface area contributed by atoms with Crippen LogP contribution in [0, 0.1) is 24.2 Å². The smallest absolute Gasteiger partial charge is 0.360 e. The standard InChI is InChI=1S/C28H30N2O7/c1-6-7-19-12-20(15-31)22(13-24(19)35-5)21-10-11-23(26(32)29-14-18-8-9-18)30-25(21)28(34)37-17(4)36-27(33)16(2)3/h1,10-13,15-18H,7-9,14H2,2-5H3,(H,29,32). The summed E-state index contributed by atoms with van der Waals surface area (Å²) < 4.78 is 15.9. The molecule has 0 radical (unpaired) electrons. The first-order valence-corrected chi connectivity index (χ1v) is 12.0. The molecule has 194 valence electrons. The van der Waals surface area contributed by atoms with Gasteiger partial charge in [0.15, 0.2) is 12.0 Å². The van der Waals surface area contributed by atoms with Crippen LogP contribution < -0.4 is 10.1 Å². The van der Waals surface area contributed by atoms with Crippen LogP contribution in [0.2, 0.25) is 0 Å². The van der Waals surface area contributed by atoms with Gasteiger partial charge in [0.1, 0.15) is 11.4 Å². The van der Waals surface area contributed by atoms with Gasteiger partial charge >= 0.3 is 11.9 Å². The van der Waals surface area contributed by atoms with Crippen LogP contribution in [-0.4, -0.2) is 49.1 Å². The van der Waals surface area contributed by atoms with Crippen molar-refractivity contribution in [1.82, 2.24) is 10.3 Å². The van der Waals surface area contributed by atoms with Crippen LogP contribution in [0.15, 0.2) is 24.3 Å². The molecular formula is C28H30N2O7. The van der Waals surface area contributed by atoms with Crippen molar-refractivity contribution in [1.29, 1.82) is 0 Å². The van der Waals surface area contributed by atoms with Crippen molar-refractivity contribution in [3.05, 3.63) is 46.8 Å². The number of hydrogen-bond acceptors (Lipinski definition) is 8. The van der Waals surface area contributed by atoms with Crippen molar-refractivity contribution < 1.29 is 33.4 Å². The maximum absolute atomic E-state index is 13.2. The van der Waals surface area contributed by atoms with E-state index in [0.29, 0.717) is 35.6 Å². The number of benzene rings is 1. The second-order valence-corrected chi connectivity index (χ2v) is 9.06. The predicted molar refractivity (Wildman–Crippen MR) is 135 cm³/mol. The third-order valence-corrected chi connectivity index (χ3v) is 5.76. The molecule has 1 heterocycles. The molecule has 0 aliphatic heterocycles. The molecule has 1 N–H and O–H groups in total. The van der Waals surface area contributed by atoms with E-state index in [1.165, 1.54) is 26.2 Å². The highest BCUT2D eigenvalue weighted by Crippen LogP contribution is 2.33. The Kier molecular flexibility index (Phi) is 9.01. The zero-order chi connectivity index (χ0) is 27.1. The Balaban J connectivity index is 2.04. The highest BCUT2D eigenvalue weighted by atomic mass is 16.7. The lowest BCUT2D eigenvalue weighted by atomic mass is 9.95. The van der Waals surface area contributed by atoms with Gasteiger partial charge in [-0.1, -0.05) is 13.8 Å². The molecule has 9 nitrogen and oxygen atoms in total. The minimum Gasteiger partial charge on any atom is -0.496 e. The molecule has 1 aromatic heterocycles. The van der Waals surface area contributed by atoms with E-state index in [1.807, 2.05) is 0 Å². The Labute approximate surface area is 215 Å². The van der Waals surface area contributed by atoms with Gasteiger partial charge in [0.2, 0.25) is 6.29 Å². The predicted octanol–water partition coefficient (Wildman–Crippen LogP) is 3.59. The molecule has 0 bridgehead atoms. The summed E-state index contributed by atoms with van der Waals surface area (Å²) in [5.74, 6) is 1.06. The van der Waals surface area contributed by atoms with Gasteiger partial charge in [-0.15, -0.1) is 12.3 Å². The molecule has 1 atom stereocenters. The molecule has 0 spiro atoms. The molecule has 1 aromatic carbocycles. The second-order valence-electron chi connectivity index (χ2n) is 9.06. The van der Waals surface area contributed by atoms with Crippen LogP contribution in [0.25, 0.3) is 11.1 Å². The van der Waals surface area contributed by atoms with E-state index in [1.54, 1.807) is 26.0 Å². The van der Waals surface area contributed by atoms with Crippen LogP contribution in [0.1, 0.15) is 70.5 Å². The highest BCUT2D eigenvalue weighted by molar-refractivity contribution is 6.01. The zero-order valence-electron chi connectivity index (χ0n) is 21.3. The number of pyridine rings is 1. The second kappa shape index (κ2) is 12.2. The normalized spacial score (nSPS) is 13.3. The maximum atomic E-state index is 13.2. The molecule has 3 rings (SSSR count). The number of rotatable bonds is 11. The topological polar surface area (TPSA) is 121 Å². The summed E-state index contributed by atoms with van der Waals surface area (Å²) in [5.41, 5.74) is 1.22. The van der Waals surface area contributed by atoms with Gasteiger partial charge in [0.25, 0.3) is 5.91 Å². The van der Waals surface area contributed by atoms with Crippen LogP contribution in [0.4, 0.5) is 0 Å². The average Bonchev–Trinajstić information content (AvgIpc) is 3.71. The number of nitrogens with zero attached hydrogens (tertiary/aromatic N) is 1. The number of aromatic nitrogens is 1. The molecule has 9 heteroatoms.